The minimum Gasteiger partial charge on any atom is -0.495 e. The SMILES string of the molecule is COc1ccccc1N1CCN(CCNS(=O)(=O)c2ccc(NC(C)=O)cc2)CC1. The van der Waals surface area contributed by atoms with Crippen molar-refractivity contribution >= 4 is 27.3 Å². The Hall–Kier alpha value is -2.62. The number of para-hydroxylation sites is 2. The van der Waals surface area contributed by atoms with E-state index in [1.807, 2.05) is 18.2 Å². The van der Waals surface area contributed by atoms with Crippen molar-refractivity contribution < 1.29 is 17.9 Å². The van der Waals surface area contributed by atoms with Gasteiger partial charge in [0.15, 0.2) is 0 Å². The molecular formula is C21H28N4O4S. The molecule has 1 amide bonds. The van der Waals surface area contributed by atoms with Crippen LogP contribution in [0.25, 0.3) is 0 Å². The van der Waals surface area contributed by atoms with E-state index in [1.165, 1.54) is 19.1 Å². The fourth-order valence-corrected chi connectivity index (χ4v) is 4.47. The molecule has 2 aromatic rings. The second-order valence-electron chi connectivity index (χ2n) is 7.10. The Morgan fingerprint density at radius 1 is 1.03 bits per heavy atom. The number of nitrogens with zero attached hydrogens (tertiary/aromatic N) is 2. The summed E-state index contributed by atoms with van der Waals surface area (Å²) < 4.78 is 33.0. The van der Waals surface area contributed by atoms with E-state index in [-0.39, 0.29) is 10.8 Å². The van der Waals surface area contributed by atoms with E-state index in [0.29, 0.717) is 18.8 Å². The molecule has 1 fully saturated rings. The van der Waals surface area contributed by atoms with Crippen molar-refractivity contribution in [2.45, 2.75) is 11.8 Å². The maximum absolute atomic E-state index is 12.5. The molecule has 0 aliphatic carbocycles. The maximum Gasteiger partial charge on any atom is 0.240 e. The van der Waals surface area contributed by atoms with Crippen molar-refractivity contribution in [3.63, 3.8) is 0 Å². The van der Waals surface area contributed by atoms with Crippen molar-refractivity contribution in [3.05, 3.63) is 48.5 Å². The van der Waals surface area contributed by atoms with Crippen LogP contribution in [0.1, 0.15) is 6.92 Å². The summed E-state index contributed by atoms with van der Waals surface area (Å²) in [6.07, 6.45) is 0. The van der Waals surface area contributed by atoms with Gasteiger partial charge in [0.25, 0.3) is 0 Å². The molecule has 1 saturated heterocycles. The summed E-state index contributed by atoms with van der Waals surface area (Å²) >= 11 is 0. The van der Waals surface area contributed by atoms with Gasteiger partial charge in [-0.3, -0.25) is 9.69 Å². The third kappa shape index (κ3) is 5.71. The van der Waals surface area contributed by atoms with Gasteiger partial charge in [0.2, 0.25) is 15.9 Å². The van der Waals surface area contributed by atoms with Gasteiger partial charge >= 0.3 is 0 Å². The monoisotopic (exact) mass is 432 g/mol. The third-order valence-electron chi connectivity index (χ3n) is 5.00. The zero-order valence-corrected chi connectivity index (χ0v) is 18.1. The average molecular weight is 433 g/mol. The molecule has 2 aromatic carbocycles. The van der Waals surface area contributed by atoms with Crippen LogP contribution in [0.4, 0.5) is 11.4 Å². The fourth-order valence-electron chi connectivity index (χ4n) is 3.45. The van der Waals surface area contributed by atoms with Gasteiger partial charge in [-0.2, -0.15) is 0 Å². The highest BCUT2D eigenvalue weighted by atomic mass is 32.2. The first kappa shape index (κ1) is 22.1. The molecule has 30 heavy (non-hydrogen) atoms. The number of amides is 1. The topological polar surface area (TPSA) is 91.0 Å². The van der Waals surface area contributed by atoms with Gasteiger partial charge in [0, 0.05) is 51.9 Å². The summed E-state index contributed by atoms with van der Waals surface area (Å²) in [5.41, 5.74) is 1.65. The lowest BCUT2D eigenvalue weighted by molar-refractivity contribution is -0.114. The van der Waals surface area contributed by atoms with Crippen LogP contribution < -0.4 is 19.7 Å². The van der Waals surface area contributed by atoms with Gasteiger partial charge in [-0.25, -0.2) is 13.1 Å². The van der Waals surface area contributed by atoms with E-state index >= 15 is 0 Å². The van der Waals surface area contributed by atoms with Crippen molar-refractivity contribution in [1.82, 2.24) is 9.62 Å². The van der Waals surface area contributed by atoms with Crippen LogP contribution in [-0.2, 0) is 14.8 Å². The van der Waals surface area contributed by atoms with Gasteiger partial charge in [0.1, 0.15) is 5.75 Å². The molecule has 9 heteroatoms. The normalized spacial score (nSPS) is 15.1. The largest absolute Gasteiger partial charge is 0.495 e. The number of rotatable bonds is 8. The van der Waals surface area contributed by atoms with Crippen molar-refractivity contribution in [1.29, 1.82) is 0 Å². The zero-order chi connectivity index (χ0) is 21.6. The summed E-state index contributed by atoms with van der Waals surface area (Å²) in [5, 5.41) is 2.62. The molecule has 0 aromatic heterocycles. The number of anilines is 2. The first-order chi connectivity index (χ1) is 14.4. The third-order valence-corrected chi connectivity index (χ3v) is 6.48. The summed E-state index contributed by atoms with van der Waals surface area (Å²) in [4.78, 5) is 15.8. The van der Waals surface area contributed by atoms with Crippen molar-refractivity contribution in [2.75, 3.05) is 56.6 Å². The van der Waals surface area contributed by atoms with Crippen LogP contribution in [0, 0.1) is 0 Å². The number of benzene rings is 2. The Bertz CT molecular complexity index is 955. The predicted octanol–water partition coefficient (Wildman–Crippen LogP) is 1.75. The summed E-state index contributed by atoms with van der Waals surface area (Å²) in [5.74, 6) is 0.665. The molecule has 0 spiro atoms. The highest BCUT2D eigenvalue weighted by Crippen LogP contribution is 2.28. The average Bonchev–Trinajstić information content (AvgIpc) is 2.74. The lowest BCUT2D eigenvalue weighted by Crippen LogP contribution is -2.48. The van der Waals surface area contributed by atoms with E-state index in [1.54, 1.807) is 19.2 Å². The minimum absolute atomic E-state index is 0.178. The number of hydrogen-bond acceptors (Lipinski definition) is 6. The second-order valence-corrected chi connectivity index (χ2v) is 8.87. The fraction of sp³-hybridized carbons (Fsp3) is 0.381. The van der Waals surface area contributed by atoms with Crippen LogP contribution in [0.15, 0.2) is 53.4 Å². The first-order valence-electron chi connectivity index (χ1n) is 9.87. The first-order valence-corrected chi connectivity index (χ1v) is 11.3. The van der Waals surface area contributed by atoms with Gasteiger partial charge < -0.3 is 15.0 Å². The Morgan fingerprint density at radius 2 is 1.70 bits per heavy atom. The Balaban J connectivity index is 1.47. The smallest absolute Gasteiger partial charge is 0.240 e. The van der Waals surface area contributed by atoms with Crippen molar-refractivity contribution in [3.8, 4) is 5.75 Å². The Labute approximate surface area is 177 Å². The molecule has 1 heterocycles. The molecule has 8 nitrogen and oxygen atoms in total. The summed E-state index contributed by atoms with van der Waals surface area (Å²) in [6, 6.07) is 14.1. The van der Waals surface area contributed by atoms with Gasteiger partial charge in [-0.1, -0.05) is 12.1 Å². The second kappa shape index (κ2) is 9.92. The van der Waals surface area contributed by atoms with E-state index in [4.69, 9.17) is 4.74 Å². The number of hydrogen-bond donors (Lipinski definition) is 2. The van der Waals surface area contributed by atoms with Crippen LogP contribution >= 0.6 is 0 Å². The number of carbonyl (C=O) groups excluding carboxylic acids is 1. The zero-order valence-electron chi connectivity index (χ0n) is 17.3. The minimum atomic E-state index is -3.59. The summed E-state index contributed by atoms with van der Waals surface area (Å²) in [7, 11) is -1.91. The highest BCUT2D eigenvalue weighted by Gasteiger charge is 2.20. The molecular weight excluding hydrogens is 404 g/mol. The molecule has 3 rings (SSSR count). The molecule has 0 atom stereocenters. The highest BCUT2D eigenvalue weighted by molar-refractivity contribution is 7.89. The van der Waals surface area contributed by atoms with Crippen molar-refractivity contribution in [2.24, 2.45) is 0 Å². The van der Waals surface area contributed by atoms with E-state index < -0.39 is 10.0 Å². The van der Waals surface area contributed by atoms with Crippen LogP contribution in [0.5, 0.6) is 5.75 Å². The van der Waals surface area contributed by atoms with E-state index in [0.717, 1.165) is 37.6 Å². The molecule has 1 aliphatic heterocycles. The Kier molecular flexibility index (Phi) is 7.30. The maximum atomic E-state index is 12.5. The predicted molar refractivity (Wildman–Crippen MR) is 118 cm³/mol. The molecule has 1 aliphatic rings. The van der Waals surface area contributed by atoms with Crippen LogP contribution in [0.3, 0.4) is 0 Å². The van der Waals surface area contributed by atoms with E-state index in [9.17, 15) is 13.2 Å². The standard InChI is InChI=1S/C21H28N4O4S/c1-17(26)23-18-7-9-19(10-8-18)30(27,28)22-11-12-24-13-15-25(16-14-24)20-5-3-4-6-21(20)29-2/h3-10,22H,11-16H2,1-2H3,(H,23,26). The van der Waals surface area contributed by atoms with Gasteiger partial charge in [0.05, 0.1) is 17.7 Å². The lowest BCUT2D eigenvalue weighted by atomic mass is 10.2. The molecule has 0 unspecified atom stereocenters. The number of methoxy groups -OCH3 is 1. The number of ether oxygens (including phenoxy) is 1. The molecule has 162 valence electrons. The van der Waals surface area contributed by atoms with Gasteiger partial charge in [-0.15, -0.1) is 0 Å². The number of carbonyl (C=O) groups is 1. The lowest BCUT2D eigenvalue weighted by Gasteiger charge is -2.36. The van der Waals surface area contributed by atoms with Crippen LogP contribution in [-0.4, -0.2) is 65.6 Å². The number of nitrogens with one attached hydrogen (secondary N) is 2. The van der Waals surface area contributed by atoms with E-state index in [2.05, 4.69) is 25.9 Å². The number of sulfonamides is 1. The van der Waals surface area contributed by atoms with Gasteiger partial charge in [-0.05, 0) is 36.4 Å². The Morgan fingerprint density at radius 3 is 2.33 bits per heavy atom. The molecule has 2 N–H and O–H groups in total. The quantitative estimate of drug-likeness (QED) is 0.661. The molecule has 0 radical (unpaired) electrons. The number of piperazine rings is 1. The summed E-state index contributed by atoms with van der Waals surface area (Å²) in [6.45, 7) is 5.81. The molecule has 0 saturated carbocycles. The van der Waals surface area contributed by atoms with Crippen LogP contribution in [0.2, 0.25) is 0 Å². The molecule has 0 bridgehead atoms.